The number of carbonyl (C=O) groups is 1. The second kappa shape index (κ2) is 3.42. The number of hydrogen-bond donors (Lipinski definition) is 1. The number of amides is 1. The number of hydroxylamine groups is 1. The van der Waals surface area contributed by atoms with E-state index in [0.717, 1.165) is 0 Å². The number of carbonyl (C=O) groups excluding carboxylic acids is 1. The van der Waals surface area contributed by atoms with Gasteiger partial charge < -0.3 is 4.76 Å². The van der Waals surface area contributed by atoms with Crippen LogP contribution in [0.2, 0.25) is 0 Å². The van der Waals surface area contributed by atoms with Crippen LogP contribution >= 0.6 is 22.6 Å². The molecule has 34 valence electrons. The zero-order valence-electron chi connectivity index (χ0n) is 3.19. The molecule has 0 fully saturated rings. The average molecular weight is 199 g/mol. The SMILES string of the molecule is BONC(=O)I. The van der Waals surface area contributed by atoms with Gasteiger partial charge in [-0.15, -0.1) is 0 Å². The second-order valence-corrected chi connectivity index (χ2v) is 1.56. The quantitative estimate of drug-likeness (QED) is 0.205. The van der Waals surface area contributed by atoms with Crippen LogP contribution in [0.5, 0.6) is 0 Å². The molecule has 0 aromatic carbocycles. The summed E-state index contributed by atoms with van der Waals surface area (Å²) >= 11 is 1.57. The fraction of sp³-hybridized carbons (Fsp3) is 0. The third-order valence-electron chi connectivity index (χ3n) is 0.182. The van der Waals surface area contributed by atoms with Gasteiger partial charge in [0.1, 0.15) is 0 Å². The van der Waals surface area contributed by atoms with Crippen molar-refractivity contribution in [3.63, 3.8) is 0 Å². The highest BCUT2D eigenvalue weighted by molar-refractivity contribution is 14.1. The van der Waals surface area contributed by atoms with Gasteiger partial charge in [-0.2, -0.15) is 0 Å². The molecule has 3 nitrogen and oxygen atoms in total. The average Bonchev–Trinajstić information content (AvgIpc) is 1.35. The molecular weight excluding hydrogens is 196 g/mol. The maximum Gasteiger partial charge on any atom is 0.302 e. The first-order valence-electron chi connectivity index (χ1n) is 1.26. The van der Waals surface area contributed by atoms with Gasteiger partial charge in [0.15, 0.2) is 0 Å². The van der Waals surface area contributed by atoms with Crippen LogP contribution in [0.3, 0.4) is 0 Å². The fourth-order valence-corrected chi connectivity index (χ4v) is 0.300. The van der Waals surface area contributed by atoms with Crippen LogP contribution in [0.1, 0.15) is 0 Å². The second-order valence-electron chi connectivity index (χ2n) is 0.580. The number of nitrogens with one attached hydrogen (secondary N) is 1. The minimum Gasteiger partial charge on any atom is -0.347 e. The largest absolute Gasteiger partial charge is 0.347 e. The summed E-state index contributed by atoms with van der Waals surface area (Å²) in [7, 11) is 1.39. The van der Waals surface area contributed by atoms with Gasteiger partial charge in [0.25, 0.3) is 8.05 Å². The molecule has 0 saturated carbocycles. The van der Waals surface area contributed by atoms with E-state index in [9.17, 15) is 4.79 Å². The van der Waals surface area contributed by atoms with Crippen molar-refractivity contribution < 1.29 is 9.55 Å². The van der Waals surface area contributed by atoms with E-state index in [1.165, 1.54) is 8.05 Å². The van der Waals surface area contributed by atoms with Crippen LogP contribution in [0.25, 0.3) is 0 Å². The van der Waals surface area contributed by atoms with Crippen LogP contribution in [-0.4, -0.2) is 12.0 Å². The Morgan fingerprint density at radius 1 is 2.00 bits per heavy atom. The van der Waals surface area contributed by atoms with Gasteiger partial charge in [-0.05, 0) is 0 Å². The summed E-state index contributed by atoms with van der Waals surface area (Å²) in [4.78, 5) is 9.79. The zero-order chi connectivity index (χ0) is 4.99. The summed E-state index contributed by atoms with van der Waals surface area (Å²) in [5.41, 5.74) is 2.06. The van der Waals surface area contributed by atoms with Crippen LogP contribution in [0, 0.1) is 0 Å². The third-order valence-corrected chi connectivity index (χ3v) is 0.403. The van der Waals surface area contributed by atoms with Crippen molar-refractivity contribution in [1.29, 1.82) is 0 Å². The molecule has 5 heteroatoms. The topological polar surface area (TPSA) is 38.3 Å². The highest BCUT2D eigenvalue weighted by Gasteiger charge is 1.82. The Bertz CT molecular complexity index is 57.5. The lowest BCUT2D eigenvalue weighted by molar-refractivity contribution is 0.211. The van der Waals surface area contributed by atoms with E-state index in [2.05, 4.69) is 10.2 Å². The smallest absolute Gasteiger partial charge is 0.302 e. The molecule has 0 spiro atoms. The molecule has 0 aromatic rings. The van der Waals surface area contributed by atoms with Gasteiger partial charge in [0.2, 0.25) is 0 Å². The summed E-state index contributed by atoms with van der Waals surface area (Å²) < 4.78 is 3.98. The molecule has 1 amide bonds. The molecule has 0 rings (SSSR count). The van der Waals surface area contributed by atoms with E-state index in [4.69, 9.17) is 0 Å². The van der Waals surface area contributed by atoms with Crippen molar-refractivity contribution in [1.82, 2.24) is 5.48 Å². The Balaban J connectivity index is 2.83. The monoisotopic (exact) mass is 199 g/mol. The molecule has 0 aliphatic rings. The predicted octanol–water partition coefficient (Wildman–Crippen LogP) is -0.389. The predicted molar refractivity (Wildman–Crippen MR) is 32.2 cm³/mol. The third kappa shape index (κ3) is 4.22. The molecule has 0 saturated heterocycles. The Kier molecular flexibility index (Phi) is 3.54. The molecule has 0 radical (unpaired) electrons. The van der Waals surface area contributed by atoms with E-state index in [1.54, 1.807) is 22.6 Å². The summed E-state index contributed by atoms with van der Waals surface area (Å²) in [6, 6.07) is 0. The molecule has 6 heavy (non-hydrogen) atoms. The van der Waals surface area contributed by atoms with Gasteiger partial charge in [-0.25, -0.2) is 5.48 Å². The van der Waals surface area contributed by atoms with Gasteiger partial charge in [-0.3, -0.25) is 4.79 Å². The molecule has 0 heterocycles. The van der Waals surface area contributed by atoms with Gasteiger partial charge in [0.05, 0.1) is 0 Å². The van der Waals surface area contributed by atoms with E-state index >= 15 is 0 Å². The standard InChI is InChI=1S/CH3BINO2/c2-6-4-1(3)5/h2H2,(H,4,5). The molecule has 0 bridgehead atoms. The summed E-state index contributed by atoms with van der Waals surface area (Å²) in [5.74, 6) is 0. The van der Waals surface area contributed by atoms with Crippen LogP contribution in [0.4, 0.5) is 4.79 Å². The zero-order valence-corrected chi connectivity index (χ0v) is 5.35. The lowest BCUT2D eigenvalue weighted by atomic mass is 10.6. The maximum absolute atomic E-state index is 9.79. The van der Waals surface area contributed by atoms with E-state index < -0.39 is 0 Å². The van der Waals surface area contributed by atoms with Crippen molar-refractivity contribution in [2.75, 3.05) is 0 Å². The van der Waals surface area contributed by atoms with E-state index in [0.29, 0.717) is 0 Å². The first-order chi connectivity index (χ1) is 2.77. The van der Waals surface area contributed by atoms with Gasteiger partial charge in [0, 0.05) is 22.6 Å². The van der Waals surface area contributed by atoms with Crippen LogP contribution < -0.4 is 5.48 Å². The Labute approximate surface area is 50.0 Å². The lowest BCUT2D eigenvalue weighted by Crippen LogP contribution is -2.13. The molecule has 0 aliphatic heterocycles. The van der Waals surface area contributed by atoms with Crippen molar-refractivity contribution in [2.45, 2.75) is 0 Å². The maximum atomic E-state index is 9.79. The molecule has 0 aromatic heterocycles. The normalized spacial score (nSPS) is 7.50. The number of halogens is 1. The molecule has 0 unspecified atom stereocenters. The van der Waals surface area contributed by atoms with Gasteiger partial charge >= 0.3 is 3.91 Å². The van der Waals surface area contributed by atoms with Crippen molar-refractivity contribution >= 4 is 34.6 Å². The first-order valence-corrected chi connectivity index (χ1v) is 2.33. The first kappa shape index (κ1) is 6.22. The van der Waals surface area contributed by atoms with Crippen molar-refractivity contribution in [2.24, 2.45) is 0 Å². The summed E-state index contributed by atoms with van der Waals surface area (Å²) in [6.07, 6.45) is 0. The Morgan fingerprint density at radius 2 is 2.50 bits per heavy atom. The Morgan fingerprint density at radius 3 is 2.50 bits per heavy atom. The summed E-state index contributed by atoms with van der Waals surface area (Å²) in [5, 5.41) is 0. The molecular formula is CH3BINO2. The van der Waals surface area contributed by atoms with Crippen LogP contribution in [0.15, 0.2) is 0 Å². The Hall–Kier alpha value is 0.225. The summed E-state index contributed by atoms with van der Waals surface area (Å²) in [6.45, 7) is 0. The van der Waals surface area contributed by atoms with E-state index in [1.807, 2.05) is 0 Å². The minimum absolute atomic E-state index is 0.213. The van der Waals surface area contributed by atoms with Crippen LogP contribution in [-0.2, 0) is 4.76 Å². The highest BCUT2D eigenvalue weighted by atomic mass is 127. The van der Waals surface area contributed by atoms with Gasteiger partial charge in [-0.1, -0.05) is 0 Å². The highest BCUT2D eigenvalue weighted by Crippen LogP contribution is 1.79. The molecule has 0 aliphatic carbocycles. The molecule has 0 atom stereocenters. The van der Waals surface area contributed by atoms with E-state index in [-0.39, 0.29) is 3.91 Å². The molecule has 1 N–H and O–H groups in total. The lowest BCUT2D eigenvalue weighted by Gasteiger charge is -1.89. The van der Waals surface area contributed by atoms with Crippen molar-refractivity contribution in [3.8, 4) is 0 Å². The fourth-order valence-electron chi connectivity index (χ4n) is 0.0802. The minimum atomic E-state index is -0.213. The van der Waals surface area contributed by atoms with Crippen molar-refractivity contribution in [3.05, 3.63) is 0 Å². The number of rotatable bonds is 1. The number of hydrogen-bond acceptors (Lipinski definition) is 2.